The molecule has 0 bridgehead atoms. The molecule has 0 spiro atoms. The third kappa shape index (κ3) is 3.36. The van der Waals surface area contributed by atoms with Crippen molar-refractivity contribution in [2.75, 3.05) is 26.0 Å². The van der Waals surface area contributed by atoms with E-state index in [-0.39, 0.29) is 6.03 Å². The highest BCUT2D eigenvalue weighted by molar-refractivity contribution is 5.88. The summed E-state index contributed by atoms with van der Waals surface area (Å²) in [7, 11) is 3.36. The van der Waals surface area contributed by atoms with Crippen molar-refractivity contribution in [3.05, 3.63) is 42.1 Å². The van der Waals surface area contributed by atoms with Crippen molar-refractivity contribution in [3.8, 4) is 17.4 Å². The van der Waals surface area contributed by atoms with E-state index in [0.717, 1.165) is 5.75 Å². The number of fused-ring (bicyclic) bond motifs is 1. The van der Waals surface area contributed by atoms with E-state index < -0.39 is 0 Å². The summed E-state index contributed by atoms with van der Waals surface area (Å²) in [5.41, 5.74) is 1.81. The second-order valence-corrected chi connectivity index (χ2v) is 5.72. The number of pyridine rings is 1. The van der Waals surface area contributed by atoms with Crippen LogP contribution in [0.4, 0.5) is 10.5 Å². The first kappa shape index (κ1) is 15.1. The van der Waals surface area contributed by atoms with E-state index in [0.29, 0.717) is 29.8 Å². The van der Waals surface area contributed by atoms with Crippen molar-refractivity contribution < 1.29 is 14.3 Å². The highest BCUT2D eigenvalue weighted by atomic mass is 16.5. The maximum absolute atomic E-state index is 11.6. The molecule has 0 saturated heterocycles. The highest BCUT2D eigenvalue weighted by Gasteiger charge is 2.20. The van der Waals surface area contributed by atoms with E-state index in [4.69, 9.17) is 9.47 Å². The zero-order valence-electron chi connectivity index (χ0n) is 13.4. The van der Waals surface area contributed by atoms with Crippen molar-refractivity contribution in [1.82, 2.24) is 9.88 Å². The summed E-state index contributed by atoms with van der Waals surface area (Å²) < 4.78 is 11.4. The molecule has 1 atom stereocenters. The predicted molar refractivity (Wildman–Crippen MR) is 87.4 cm³/mol. The van der Waals surface area contributed by atoms with Crippen LogP contribution in [0, 0.1) is 0 Å². The van der Waals surface area contributed by atoms with Gasteiger partial charge in [-0.1, -0.05) is 13.0 Å². The van der Waals surface area contributed by atoms with E-state index in [1.54, 1.807) is 32.4 Å². The van der Waals surface area contributed by atoms with Gasteiger partial charge in [0.15, 0.2) is 0 Å². The van der Waals surface area contributed by atoms with Crippen LogP contribution in [-0.2, 0) is 0 Å². The molecular formula is C17H19N3O3. The number of amides is 2. The molecule has 1 N–H and O–H groups in total. The van der Waals surface area contributed by atoms with Crippen molar-refractivity contribution in [1.29, 1.82) is 0 Å². The zero-order valence-corrected chi connectivity index (χ0v) is 13.4. The Morgan fingerprint density at radius 2 is 2.17 bits per heavy atom. The van der Waals surface area contributed by atoms with Crippen LogP contribution in [0.25, 0.3) is 0 Å². The Kier molecular flexibility index (Phi) is 4.06. The van der Waals surface area contributed by atoms with Gasteiger partial charge in [-0.25, -0.2) is 9.78 Å². The molecule has 0 saturated carbocycles. The fourth-order valence-corrected chi connectivity index (χ4v) is 2.29. The Hall–Kier alpha value is -2.76. The monoisotopic (exact) mass is 313 g/mol. The molecule has 1 unspecified atom stereocenters. The van der Waals surface area contributed by atoms with Crippen LogP contribution in [0.5, 0.6) is 17.4 Å². The molecule has 6 nitrogen and oxygen atoms in total. The number of carbonyl (C=O) groups excluding carboxylic acids is 1. The summed E-state index contributed by atoms with van der Waals surface area (Å²) in [6, 6.07) is 9.06. The molecule has 2 aromatic rings. The van der Waals surface area contributed by atoms with Crippen LogP contribution in [-0.4, -0.2) is 36.6 Å². The minimum Gasteiger partial charge on any atom is -0.493 e. The van der Waals surface area contributed by atoms with Gasteiger partial charge in [0.2, 0.25) is 5.88 Å². The number of carbonyl (C=O) groups is 1. The lowest BCUT2D eigenvalue weighted by molar-refractivity contribution is 0.230. The first-order valence-corrected chi connectivity index (χ1v) is 7.42. The molecule has 1 aliphatic rings. The number of hydrogen-bond acceptors (Lipinski definition) is 4. The number of aromatic nitrogens is 1. The number of benzene rings is 1. The average Bonchev–Trinajstić information content (AvgIpc) is 2.90. The van der Waals surface area contributed by atoms with Gasteiger partial charge < -0.3 is 19.7 Å². The van der Waals surface area contributed by atoms with Gasteiger partial charge in [-0.3, -0.25) is 0 Å². The number of rotatable bonds is 3. The van der Waals surface area contributed by atoms with E-state index in [2.05, 4.69) is 17.2 Å². The third-order valence-corrected chi connectivity index (χ3v) is 3.62. The quantitative estimate of drug-likeness (QED) is 0.942. The summed E-state index contributed by atoms with van der Waals surface area (Å²) in [6.07, 6.45) is 1.56. The second-order valence-electron chi connectivity index (χ2n) is 5.72. The normalized spacial score (nSPS) is 15.5. The molecule has 1 aromatic carbocycles. The molecule has 2 heterocycles. The largest absolute Gasteiger partial charge is 0.493 e. The fraction of sp³-hybridized carbons (Fsp3) is 0.294. The minimum atomic E-state index is -0.203. The van der Waals surface area contributed by atoms with Crippen molar-refractivity contribution in [3.63, 3.8) is 0 Å². The lowest BCUT2D eigenvalue weighted by Crippen LogP contribution is -2.27. The van der Waals surface area contributed by atoms with Crippen molar-refractivity contribution >= 4 is 11.7 Å². The van der Waals surface area contributed by atoms with Crippen LogP contribution in [0.15, 0.2) is 36.5 Å². The van der Waals surface area contributed by atoms with Crippen LogP contribution < -0.4 is 14.8 Å². The zero-order chi connectivity index (χ0) is 16.4. The number of hydrogen-bond donors (Lipinski definition) is 1. The maximum Gasteiger partial charge on any atom is 0.321 e. The molecule has 23 heavy (non-hydrogen) atoms. The highest BCUT2D eigenvalue weighted by Crippen LogP contribution is 2.37. The van der Waals surface area contributed by atoms with Gasteiger partial charge in [0, 0.05) is 37.7 Å². The maximum atomic E-state index is 11.6. The molecule has 3 rings (SSSR count). The predicted octanol–water partition coefficient (Wildman–Crippen LogP) is 3.46. The van der Waals surface area contributed by atoms with Crippen molar-refractivity contribution in [2.45, 2.75) is 12.8 Å². The first-order valence-electron chi connectivity index (χ1n) is 7.42. The van der Waals surface area contributed by atoms with Gasteiger partial charge in [-0.2, -0.15) is 0 Å². The Labute approximate surface area is 135 Å². The van der Waals surface area contributed by atoms with Gasteiger partial charge in [0.1, 0.15) is 11.5 Å². The van der Waals surface area contributed by atoms with Gasteiger partial charge >= 0.3 is 6.03 Å². The standard InChI is InChI=1S/C17H19N3O3/c1-11-10-22-15-8-13(5-6-14(11)15)23-16-7-4-12(9-18-16)19-17(21)20(2)3/h4-9,11H,10H2,1-3H3,(H,19,21). The van der Waals surface area contributed by atoms with Crippen LogP contribution in [0.3, 0.4) is 0 Å². The minimum absolute atomic E-state index is 0.203. The van der Waals surface area contributed by atoms with Crippen LogP contribution >= 0.6 is 0 Å². The Bertz CT molecular complexity index is 714. The molecule has 120 valence electrons. The number of anilines is 1. The summed E-state index contributed by atoms with van der Waals surface area (Å²) in [4.78, 5) is 17.2. The van der Waals surface area contributed by atoms with E-state index in [9.17, 15) is 4.79 Å². The number of ether oxygens (including phenoxy) is 2. The molecule has 2 amide bonds. The van der Waals surface area contributed by atoms with Gasteiger partial charge in [0.25, 0.3) is 0 Å². The lowest BCUT2D eigenvalue weighted by atomic mass is 10.0. The molecular weight excluding hydrogens is 294 g/mol. The topological polar surface area (TPSA) is 63.7 Å². The molecule has 0 radical (unpaired) electrons. The average molecular weight is 313 g/mol. The van der Waals surface area contributed by atoms with Gasteiger partial charge in [-0.15, -0.1) is 0 Å². The van der Waals surface area contributed by atoms with Crippen LogP contribution in [0.2, 0.25) is 0 Å². The molecule has 0 aliphatic carbocycles. The van der Waals surface area contributed by atoms with Crippen molar-refractivity contribution in [2.24, 2.45) is 0 Å². The summed E-state index contributed by atoms with van der Waals surface area (Å²) >= 11 is 0. The fourth-order valence-electron chi connectivity index (χ4n) is 2.29. The third-order valence-electron chi connectivity index (χ3n) is 3.62. The number of nitrogens with zero attached hydrogens (tertiary/aromatic N) is 2. The summed E-state index contributed by atoms with van der Waals surface area (Å²) in [5.74, 6) is 2.41. The van der Waals surface area contributed by atoms with Gasteiger partial charge in [0.05, 0.1) is 18.5 Å². The Morgan fingerprint density at radius 1 is 1.35 bits per heavy atom. The Balaban J connectivity index is 1.68. The molecule has 0 fully saturated rings. The summed E-state index contributed by atoms with van der Waals surface area (Å²) in [6.45, 7) is 2.84. The number of urea groups is 1. The van der Waals surface area contributed by atoms with Crippen LogP contribution in [0.1, 0.15) is 18.4 Å². The molecule has 1 aromatic heterocycles. The van der Waals surface area contributed by atoms with E-state index in [1.807, 2.05) is 18.2 Å². The number of nitrogens with one attached hydrogen (secondary N) is 1. The first-order chi connectivity index (χ1) is 11.0. The smallest absolute Gasteiger partial charge is 0.321 e. The summed E-state index contributed by atoms with van der Waals surface area (Å²) in [5, 5.41) is 2.72. The van der Waals surface area contributed by atoms with E-state index >= 15 is 0 Å². The second kappa shape index (κ2) is 6.16. The Morgan fingerprint density at radius 3 is 2.87 bits per heavy atom. The molecule has 6 heteroatoms. The molecule has 1 aliphatic heterocycles. The van der Waals surface area contributed by atoms with Gasteiger partial charge in [-0.05, 0) is 12.1 Å². The SMILES string of the molecule is CC1COc2cc(Oc3ccc(NC(=O)N(C)C)cn3)ccc21. The van der Waals surface area contributed by atoms with E-state index in [1.165, 1.54) is 10.5 Å². The lowest BCUT2D eigenvalue weighted by Gasteiger charge is -2.12.